The second kappa shape index (κ2) is 6.83. The van der Waals surface area contributed by atoms with Crippen molar-refractivity contribution in [3.05, 3.63) is 34.9 Å². The molecule has 20 heavy (non-hydrogen) atoms. The number of carbonyl (C=O) groups excluding carboxylic acids is 1. The van der Waals surface area contributed by atoms with Crippen molar-refractivity contribution in [2.75, 3.05) is 6.61 Å². The average Bonchev–Trinajstić information content (AvgIpc) is 2.33. The minimum Gasteiger partial charge on any atom is -0.440 e. The van der Waals surface area contributed by atoms with Gasteiger partial charge in [-0.1, -0.05) is 37.6 Å². The monoisotopic (exact) mass is 309 g/mol. The summed E-state index contributed by atoms with van der Waals surface area (Å²) in [6.45, 7) is 2.07. The number of benzene rings is 1. The van der Waals surface area contributed by atoms with Crippen molar-refractivity contribution in [2.45, 2.75) is 26.1 Å². The van der Waals surface area contributed by atoms with Crippen LogP contribution in [0.15, 0.2) is 24.3 Å². The first-order chi connectivity index (χ1) is 9.19. The van der Waals surface area contributed by atoms with E-state index in [1.807, 2.05) is 13.8 Å². The molecule has 1 rings (SSSR count). The van der Waals surface area contributed by atoms with Crippen LogP contribution in [0.5, 0.6) is 0 Å². The van der Waals surface area contributed by atoms with Crippen molar-refractivity contribution in [3.63, 3.8) is 0 Å². The van der Waals surface area contributed by atoms with E-state index < -0.39 is 24.9 Å². The molecule has 0 fully saturated rings. The third kappa shape index (κ3) is 5.69. The van der Waals surface area contributed by atoms with Gasteiger partial charge < -0.3 is 10.1 Å². The van der Waals surface area contributed by atoms with E-state index in [1.54, 1.807) is 24.3 Å². The van der Waals surface area contributed by atoms with Gasteiger partial charge in [-0.3, -0.25) is 0 Å². The lowest BCUT2D eigenvalue weighted by Gasteiger charge is -2.22. The predicted octanol–water partition coefficient (Wildman–Crippen LogP) is 4.33. The number of hydrogen-bond acceptors (Lipinski definition) is 2. The minimum atomic E-state index is -4.54. The Labute approximate surface area is 120 Å². The van der Waals surface area contributed by atoms with Gasteiger partial charge in [0.1, 0.15) is 0 Å². The van der Waals surface area contributed by atoms with E-state index in [4.69, 9.17) is 11.6 Å². The topological polar surface area (TPSA) is 38.3 Å². The van der Waals surface area contributed by atoms with Crippen molar-refractivity contribution in [2.24, 2.45) is 5.92 Å². The Bertz CT molecular complexity index is 446. The minimum absolute atomic E-state index is 0.0189. The van der Waals surface area contributed by atoms with Crippen molar-refractivity contribution in [3.8, 4) is 0 Å². The Morgan fingerprint density at radius 2 is 1.85 bits per heavy atom. The molecule has 0 aromatic heterocycles. The predicted molar refractivity (Wildman–Crippen MR) is 69.6 cm³/mol. The highest BCUT2D eigenvalue weighted by Crippen LogP contribution is 2.23. The standard InChI is InChI=1S/C13H15ClF3NO2/c1-8(2)11(9-3-5-10(14)6-4-9)18-12(19)20-7-13(15,16)17/h3-6,8,11H,7H2,1-2H3,(H,18,19). The van der Waals surface area contributed by atoms with Gasteiger partial charge in [-0.2, -0.15) is 13.2 Å². The summed E-state index contributed by atoms with van der Waals surface area (Å²) in [5.74, 6) is -0.0189. The highest BCUT2D eigenvalue weighted by atomic mass is 35.5. The lowest BCUT2D eigenvalue weighted by atomic mass is 9.96. The highest BCUT2D eigenvalue weighted by Gasteiger charge is 2.30. The number of carbonyl (C=O) groups is 1. The number of rotatable bonds is 4. The first-order valence-electron chi connectivity index (χ1n) is 5.94. The van der Waals surface area contributed by atoms with Crippen molar-refractivity contribution < 1.29 is 22.7 Å². The maximum atomic E-state index is 12.0. The number of alkyl carbamates (subject to hydrolysis) is 1. The smallest absolute Gasteiger partial charge is 0.422 e. The van der Waals surface area contributed by atoms with E-state index in [1.165, 1.54) is 0 Å². The lowest BCUT2D eigenvalue weighted by molar-refractivity contribution is -0.160. The van der Waals surface area contributed by atoms with Crippen LogP contribution in [0.3, 0.4) is 0 Å². The van der Waals surface area contributed by atoms with Crippen molar-refractivity contribution >= 4 is 17.7 Å². The largest absolute Gasteiger partial charge is 0.440 e. The van der Waals surface area contributed by atoms with Gasteiger partial charge in [0.15, 0.2) is 6.61 Å². The third-order valence-corrected chi connectivity index (χ3v) is 2.79. The van der Waals surface area contributed by atoms with Gasteiger partial charge in [0.25, 0.3) is 0 Å². The van der Waals surface area contributed by atoms with E-state index in [-0.39, 0.29) is 5.92 Å². The van der Waals surface area contributed by atoms with E-state index in [0.29, 0.717) is 5.02 Å². The summed E-state index contributed by atoms with van der Waals surface area (Å²) >= 11 is 5.76. The molecule has 1 unspecified atom stereocenters. The fraction of sp³-hybridized carbons (Fsp3) is 0.462. The van der Waals surface area contributed by atoms with Crippen molar-refractivity contribution in [1.82, 2.24) is 5.32 Å². The first-order valence-corrected chi connectivity index (χ1v) is 6.32. The fourth-order valence-electron chi connectivity index (χ4n) is 1.62. The van der Waals surface area contributed by atoms with Gasteiger partial charge in [0.05, 0.1) is 6.04 Å². The summed E-state index contributed by atoms with van der Waals surface area (Å²) in [5, 5.41) is 2.96. The number of amides is 1. The first kappa shape index (κ1) is 16.6. The van der Waals surface area contributed by atoms with Gasteiger partial charge in [-0.05, 0) is 23.6 Å². The normalized spacial score (nSPS) is 13.2. The molecule has 0 aliphatic heterocycles. The molecule has 1 amide bonds. The number of nitrogens with one attached hydrogen (secondary N) is 1. The number of hydrogen-bond donors (Lipinski definition) is 1. The SMILES string of the molecule is CC(C)C(NC(=O)OCC(F)(F)F)c1ccc(Cl)cc1. The van der Waals surface area contributed by atoms with Gasteiger partial charge in [-0.15, -0.1) is 0 Å². The van der Waals surface area contributed by atoms with Crippen LogP contribution < -0.4 is 5.32 Å². The quantitative estimate of drug-likeness (QED) is 0.899. The number of halogens is 4. The molecule has 0 bridgehead atoms. The second-order valence-corrected chi connectivity index (χ2v) is 5.05. The maximum Gasteiger partial charge on any atom is 0.422 e. The van der Waals surface area contributed by atoms with Crippen LogP contribution in [0, 0.1) is 5.92 Å². The molecule has 0 heterocycles. The number of alkyl halides is 3. The summed E-state index contributed by atoms with van der Waals surface area (Å²) in [5.41, 5.74) is 0.744. The molecule has 1 aromatic rings. The second-order valence-electron chi connectivity index (χ2n) is 4.61. The molecule has 7 heteroatoms. The molecular weight excluding hydrogens is 295 g/mol. The van der Waals surface area contributed by atoms with Crippen LogP contribution in [-0.2, 0) is 4.74 Å². The zero-order valence-electron chi connectivity index (χ0n) is 11.0. The summed E-state index contributed by atoms with van der Waals surface area (Å²) in [4.78, 5) is 11.4. The Balaban J connectivity index is 2.68. The fourth-order valence-corrected chi connectivity index (χ4v) is 1.75. The van der Waals surface area contributed by atoms with Gasteiger partial charge in [-0.25, -0.2) is 4.79 Å². The molecular formula is C13H15ClF3NO2. The molecule has 1 atom stereocenters. The Morgan fingerprint density at radius 1 is 1.30 bits per heavy atom. The molecule has 0 saturated heterocycles. The maximum absolute atomic E-state index is 12.0. The summed E-state index contributed by atoms with van der Waals surface area (Å²) in [7, 11) is 0. The Hall–Kier alpha value is -1.43. The summed E-state index contributed by atoms with van der Waals surface area (Å²) in [6, 6.07) is 6.26. The number of ether oxygens (including phenoxy) is 1. The lowest BCUT2D eigenvalue weighted by Crippen LogP contribution is -2.34. The van der Waals surface area contributed by atoms with Crippen LogP contribution in [0.1, 0.15) is 25.5 Å². The van der Waals surface area contributed by atoms with Crippen LogP contribution in [0.25, 0.3) is 0 Å². The Morgan fingerprint density at radius 3 is 2.30 bits per heavy atom. The zero-order chi connectivity index (χ0) is 15.3. The molecule has 3 nitrogen and oxygen atoms in total. The van der Waals surface area contributed by atoms with E-state index in [9.17, 15) is 18.0 Å². The molecule has 1 N–H and O–H groups in total. The molecule has 1 aromatic carbocycles. The van der Waals surface area contributed by atoms with E-state index >= 15 is 0 Å². The van der Waals surface area contributed by atoms with Crippen molar-refractivity contribution in [1.29, 1.82) is 0 Å². The highest BCUT2D eigenvalue weighted by molar-refractivity contribution is 6.30. The molecule has 0 spiro atoms. The zero-order valence-corrected chi connectivity index (χ0v) is 11.8. The third-order valence-electron chi connectivity index (χ3n) is 2.54. The summed E-state index contributed by atoms with van der Waals surface area (Å²) < 4.78 is 40.0. The van der Waals surface area contributed by atoms with Gasteiger partial charge in [0, 0.05) is 5.02 Å². The molecule has 112 valence electrons. The molecule has 0 radical (unpaired) electrons. The van der Waals surface area contributed by atoms with Gasteiger partial charge >= 0.3 is 12.3 Å². The Kier molecular flexibility index (Phi) is 5.68. The van der Waals surface area contributed by atoms with Crippen LogP contribution in [0.2, 0.25) is 5.02 Å². The van der Waals surface area contributed by atoms with Crippen LogP contribution >= 0.6 is 11.6 Å². The average molecular weight is 310 g/mol. The van der Waals surface area contributed by atoms with E-state index in [0.717, 1.165) is 5.56 Å². The van der Waals surface area contributed by atoms with Gasteiger partial charge in [0.2, 0.25) is 0 Å². The summed E-state index contributed by atoms with van der Waals surface area (Å²) in [6.07, 6.45) is -5.64. The molecule has 0 aliphatic carbocycles. The van der Waals surface area contributed by atoms with Crippen LogP contribution in [0.4, 0.5) is 18.0 Å². The van der Waals surface area contributed by atoms with Crippen LogP contribution in [-0.4, -0.2) is 18.9 Å². The molecule has 0 saturated carbocycles. The molecule has 0 aliphatic rings. The van der Waals surface area contributed by atoms with E-state index in [2.05, 4.69) is 10.1 Å².